The lowest BCUT2D eigenvalue weighted by atomic mass is 9.75. The van der Waals surface area contributed by atoms with Crippen LogP contribution in [-0.2, 0) is 32.2 Å². The van der Waals surface area contributed by atoms with Gasteiger partial charge in [0.1, 0.15) is 11.9 Å². The van der Waals surface area contributed by atoms with Crippen LogP contribution in [0.3, 0.4) is 0 Å². The molecular weight excluding hydrogens is 602 g/mol. The Bertz CT molecular complexity index is 1510. The smallest absolute Gasteiger partial charge is 0.435 e. The second-order valence-corrected chi connectivity index (χ2v) is 12.7. The summed E-state index contributed by atoms with van der Waals surface area (Å²) in [6.45, 7) is 3.16. The molecule has 0 bridgehead atoms. The Morgan fingerprint density at radius 1 is 1.21 bits per heavy atom. The molecule has 17 heteroatoms. The first kappa shape index (κ1) is 33.9. The maximum absolute atomic E-state index is 15.3. The molecule has 2 unspecified atom stereocenters. The number of benzene rings is 1. The first-order chi connectivity index (χ1) is 19.7. The quantitative estimate of drug-likeness (QED) is 0.208. The maximum Gasteiger partial charge on any atom is 0.435 e. The minimum Gasteiger partial charge on any atom is -0.459 e. The third-order valence-corrected chi connectivity index (χ3v) is 6.87. The highest BCUT2D eigenvalue weighted by atomic mass is 32.2. The average Bonchev–Trinajstić information content (AvgIpc) is 3.23. The maximum atomic E-state index is 15.3. The first-order valence-electron chi connectivity index (χ1n) is 13.2. The zero-order valence-electron chi connectivity index (χ0n) is 23.6. The number of nitrogens with one attached hydrogen (secondary N) is 1. The van der Waals surface area contributed by atoms with Crippen molar-refractivity contribution < 1.29 is 49.7 Å². The number of nitrogens with zero attached hydrogens (tertiary/aromatic N) is 2. The average molecular weight is 636 g/mol. The van der Waals surface area contributed by atoms with Crippen LogP contribution in [-0.4, -0.2) is 65.4 Å². The van der Waals surface area contributed by atoms with E-state index in [0.29, 0.717) is 19.1 Å². The van der Waals surface area contributed by atoms with Crippen LogP contribution in [0.4, 0.5) is 23.2 Å². The van der Waals surface area contributed by atoms with Gasteiger partial charge in [-0.25, -0.2) is 9.07 Å². The van der Waals surface area contributed by atoms with Gasteiger partial charge in [0.15, 0.2) is 11.5 Å². The van der Waals surface area contributed by atoms with E-state index in [2.05, 4.69) is 10.4 Å². The molecule has 2 aliphatic rings. The summed E-state index contributed by atoms with van der Waals surface area (Å²) >= 11 is 0. The number of Topliss-reactive ketones (excluding diaryl/α,β-unsaturated/α-hetero) is 1. The highest BCUT2D eigenvalue weighted by molar-refractivity contribution is 7.85. The third-order valence-electron chi connectivity index (χ3n) is 6.87. The van der Waals surface area contributed by atoms with Gasteiger partial charge in [-0.15, -0.1) is 0 Å². The fraction of sp³-hybridized carbons (Fsp3) is 0.538. The van der Waals surface area contributed by atoms with Crippen molar-refractivity contribution in [3.8, 4) is 5.69 Å². The monoisotopic (exact) mass is 635 g/mol. The van der Waals surface area contributed by atoms with Crippen molar-refractivity contribution in [2.45, 2.75) is 70.7 Å². The summed E-state index contributed by atoms with van der Waals surface area (Å²) in [5.41, 5.74) is 7.54. The van der Waals surface area contributed by atoms with Gasteiger partial charge in [0.05, 0.1) is 47.0 Å². The second-order valence-electron chi connectivity index (χ2n) is 11.2. The molecule has 2 aromatic rings. The molecular formula is C26H33F4N5O7S. The van der Waals surface area contributed by atoms with Crippen molar-refractivity contribution in [2.24, 2.45) is 16.9 Å². The number of carbonyl (C=O) groups is 3. The van der Waals surface area contributed by atoms with E-state index in [0.717, 1.165) is 23.6 Å². The Labute approximate surface area is 244 Å². The van der Waals surface area contributed by atoms with Gasteiger partial charge >= 0.3 is 12.1 Å². The number of aromatic nitrogens is 2. The number of esters is 1. The molecule has 1 aromatic heterocycles. The number of ketones is 1. The van der Waals surface area contributed by atoms with Crippen LogP contribution < -0.4 is 16.8 Å². The van der Waals surface area contributed by atoms with Gasteiger partial charge in [-0.05, 0) is 37.2 Å². The van der Waals surface area contributed by atoms with Crippen LogP contribution in [0.15, 0.2) is 12.1 Å². The molecule has 1 aromatic carbocycles. The Morgan fingerprint density at radius 3 is 2.37 bits per heavy atom. The Morgan fingerprint density at radius 2 is 1.81 bits per heavy atom. The molecule has 1 heterocycles. The highest BCUT2D eigenvalue weighted by Gasteiger charge is 2.45. The van der Waals surface area contributed by atoms with Crippen molar-refractivity contribution in [1.82, 2.24) is 9.78 Å². The molecule has 12 nitrogen and oxygen atoms in total. The lowest BCUT2D eigenvalue weighted by molar-refractivity contribution is -0.149. The van der Waals surface area contributed by atoms with Crippen LogP contribution in [0.25, 0.3) is 5.69 Å². The van der Waals surface area contributed by atoms with Crippen LogP contribution in [0.1, 0.15) is 78.1 Å². The van der Waals surface area contributed by atoms with Crippen LogP contribution in [0, 0.1) is 11.2 Å². The van der Waals surface area contributed by atoms with Gasteiger partial charge in [-0.1, -0.05) is 20.3 Å². The van der Waals surface area contributed by atoms with Crippen LogP contribution in [0.5, 0.6) is 0 Å². The second kappa shape index (κ2) is 12.6. The molecule has 2 atom stereocenters. The summed E-state index contributed by atoms with van der Waals surface area (Å²) < 4.78 is 89.0. The molecule has 1 saturated carbocycles. The number of carbonyl (C=O) groups excluding carboxylic acids is 3. The zero-order valence-corrected chi connectivity index (χ0v) is 24.4. The van der Waals surface area contributed by atoms with Gasteiger partial charge in [-0.3, -0.25) is 18.9 Å². The Hall–Kier alpha value is -3.57. The third kappa shape index (κ3) is 8.51. The summed E-state index contributed by atoms with van der Waals surface area (Å²) in [5, 5.41) is 6.71. The number of hydrogen-bond acceptors (Lipinski definition) is 9. The number of anilines is 1. The summed E-state index contributed by atoms with van der Waals surface area (Å²) in [7, 11) is -3.67. The topological polar surface area (TPSA) is 197 Å². The molecule has 0 spiro atoms. The summed E-state index contributed by atoms with van der Waals surface area (Å²) in [6.07, 6.45) is -2.32. The number of amides is 1. The lowest BCUT2D eigenvalue weighted by Crippen LogP contribution is -2.41. The summed E-state index contributed by atoms with van der Waals surface area (Å²) in [4.78, 5) is 36.7. The number of hydrogen-bond donors (Lipinski definition) is 4. The molecule has 4 rings (SSSR count). The summed E-state index contributed by atoms with van der Waals surface area (Å²) in [6, 6.07) is 1.58. The van der Waals surface area contributed by atoms with Crippen molar-refractivity contribution in [3.05, 3.63) is 40.5 Å². The van der Waals surface area contributed by atoms with Gasteiger partial charge in [-0.2, -0.15) is 26.7 Å². The van der Waals surface area contributed by atoms with Crippen molar-refractivity contribution >= 4 is 33.5 Å². The molecule has 238 valence electrons. The number of fused-ring (bicyclic) bond motifs is 1. The molecule has 2 aliphatic carbocycles. The predicted molar refractivity (Wildman–Crippen MR) is 146 cm³/mol. The highest BCUT2D eigenvalue weighted by Crippen LogP contribution is 2.42. The molecule has 0 aliphatic heterocycles. The van der Waals surface area contributed by atoms with Gasteiger partial charge in [0.25, 0.3) is 16.0 Å². The van der Waals surface area contributed by atoms with Crippen LogP contribution in [0.2, 0.25) is 0 Å². The van der Waals surface area contributed by atoms with Crippen LogP contribution >= 0.6 is 0 Å². The number of rotatable bonds is 6. The van der Waals surface area contributed by atoms with E-state index < -0.39 is 74.2 Å². The number of halogens is 4. The Kier molecular flexibility index (Phi) is 9.92. The molecule has 0 saturated heterocycles. The van der Waals surface area contributed by atoms with Crippen molar-refractivity contribution in [2.75, 3.05) is 18.1 Å². The van der Waals surface area contributed by atoms with E-state index in [1.165, 1.54) is 6.07 Å². The molecule has 0 radical (unpaired) electrons. The van der Waals surface area contributed by atoms with Gasteiger partial charge < -0.3 is 21.5 Å². The summed E-state index contributed by atoms with van der Waals surface area (Å²) in [5.74, 6) is -3.51. The Balaban J connectivity index is 0.000000934. The van der Waals surface area contributed by atoms with E-state index >= 15 is 4.39 Å². The molecule has 43 heavy (non-hydrogen) atoms. The molecule has 1 fully saturated rings. The number of primary amides is 1. The fourth-order valence-corrected chi connectivity index (χ4v) is 5.26. The van der Waals surface area contributed by atoms with E-state index in [-0.39, 0.29) is 36.5 Å². The SMILES string of the molecule is CC1(C)CC(=O)c2c(C(F)(F)F)nn(-c3cc(F)c(C(N)=O)c(NC4CCCCC4OC(=O)CN)c3)c2C1.CS(=O)(=O)O. The van der Waals surface area contributed by atoms with Crippen molar-refractivity contribution in [1.29, 1.82) is 0 Å². The minimum atomic E-state index is -4.92. The molecule has 6 N–H and O–H groups in total. The van der Waals surface area contributed by atoms with Gasteiger partial charge in [0.2, 0.25) is 0 Å². The predicted octanol–water partition coefficient (Wildman–Crippen LogP) is 3.01. The fourth-order valence-electron chi connectivity index (χ4n) is 5.26. The molecule has 1 amide bonds. The zero-order chi connectivity index (χ0) is 32.5. The lowest BCUT2D eigenvalue weighted by Gasteiger charge is -2.33. The first-order valence-corrected chi connectivity index (χ1v) is 15.0. The number of nitrogens with two attached hydrogens (primary N) is 2. The minimum absolute atomic E-state index is 0.00293. The largest absolute Gasteiger partial charge is 0.459 e. The van der Waals surface area contributed by atoms with E-state index in [4.69, 9.17) is 20.8 Å². The number of ether oxygens (including phenoxy) is 1. The normalized spacial score (nSPS) is 20.0. The number of alkyl halides is 3. The van der Waals surface area contributed by atoms with E-state index in [1.54, 1.807) is 13.8 Å². The van der Waals surface area contributed by atoms with Crippen molar-refractivity contribution in [3.63, 3.8) is 0 Å². The van der Waals surface area contributed by atoms with E-state index in [1.807, 2.05) is 0 Å². The van der Waals surface area contributed by atoms with E-state index in [9.17, 15) is 36.0 Å². The van der Waals surface area contributed by atoms with Gasteiger partial charge in [0, 0.05) is 12.5 Å². The standard InChI is InChI=1S/C25H29F4N5O4.CH4O3S/c1-24(2)9-16-21(17(35)10-24)22(25(27,28)29)33-34(16)12-7-13(26)20(23(31)37)15(8-12)32-14-5-3-4-6-18(14)38-19(36)11-30;1-5(2,3)4/h7-8,14,18,32H,3-6,9-11,30H2,1-2H3,(H2,31,37);1H3,(H,2,3,4).